The first-order valence-corrected chi connectivity index (χ1v) is 10.3. The number of hydrogen-bond acceptors (Lipinski definition) is 5. The molecule has 1 aliphatic rings. The first kappa shape index (κ1) is 20.3. The van der Waals surface area contributed by atoms with Gasteiger partial charge in [-0.3, -0.25) is 14.0 Å². The minimum atomic E-state index is -0.750. The van der Waals surface area contributed by atoms with Crippen molar-refractivity contribution in [3.05, 3.63) is 64.0 Å². The molecule has 4 rings (SSSR count). The fourth-order valence-corrected chi connectivity index (χ4v) is 3.95. The molecule has 4 heterocycles. The number of aromatic nitrogens is 4. The quantitative estimate of drug-likeness (QED) is 0.713. The van der Waals surface area contributed by atoms with E-state index in [0.29, 0.717) is 30.1 Å². The van der Waals surface area contributed by atoms with Crippen LogP contribution in [-0.2, 0) is 7.05 Å². The molecule has 1 unspecified atom stereocenters. The predicted molar refractivity (Wildman–Crippen MR) is 112 cm³/mol. The Morgan fingerprint density at radius 1 is 1.17 bits per heavy atom. The number of likely N-dealkylation sites (tertiary alicyclic amines) is 1. The molecule has 0 aromatic carbocycles. The van der Waals surface area contributed by atoms with Crippen LogP contribution < -0.4 is 5.56 Å². The number of aliphatic hydroxyl groups is 1. The van der Waals surface area contributed by atoms with Gasteiger partial charge in [0.2, 0.25) is 0 Å². The Balaban J connectivity index is 1.50. The molecule has 3 aromatic heterocycles. The number of hydrogen-bond donors (Lipinski definition) is 1. The number of carbonyl (C=O) groups excluding carboxylic acids is 1. The van der Waals surface area contributed by atoms with E-state index in [2.05, 4.69) is 10.2 Å². The second kappa shape index (κ2) is 8.02. The second-order valence-electron chi connectivity index (χ2n) is 8.37. The van der Waals surface area contributed by atoms with Crippen LogP contribution >= 0.6 is 0 Å². The van der Waals surface area contributed by atoms with Gasteiger partial charge in [0.1, 0.15) is 6.10 Å². The van der Waals surface area contributed by atoms with Crippen LogP contribution in [0, 0.1) is 5.92 Å². The summed E-state index contributed by atoms with van der Waals surface area (Å²) >= 11 is 0. The average molecular weight is 409 g/mol. The van der Waals surface area contributed by atoms with Gasteiger partial charge >= 0.3 is 0 Å². The Bertz CT molecular complexity index is 1130. The number of carbonyl (C=O) groups is 1. The van der Waals surface area contributed by atoms with Crippen molar-refractivity contribution in [2.24, 2.45) is 13.0 Å². The van der Waals surface area contributed by atoms with Gasteiger partial charge in [0.05, 0.1) is 5.56 Å². The third-order valence-corrected chi connectivity index (χ3v) is 5.95. The van der Waals surface area contributed by atoms with Crippen LogP contribution in [0.25, 0.3) is 5.65 Å². The summed E-state index contributed by atoms with van der Waals surface area (Å²) in [6.07, 6.45) is 4.41. The van der Waals surface area contributed by atoms with Crippen molar-refractivity contribution in [2.45, 2.75) is 38.7 Å². The number of aliphatic hydroxyl groups excluding tert-OH is 1. The largest absolute Gasteiger partial charge is 0.385 e. The molecular formula is C22H27N5O3. The van der Waals surface area contributed by atoms with Crippen molar-refractivity contribution in [1.82, 2.24) is 24.1 Å². The van der Waals surface area contributed by atoms with Crippen LogP contribution in [0.2, 0.25) is 0 Å². The van der Waals surface area contributed by atoms with Crippen molar-refractivity contribution < 1.29 is 9.90 Å². The molecule has 1 fully saturated rings. The van der Waals surface area contributed by atoms with Gasteiger partial charge in [-0.1, -0.05) is 13.8 Å². The van der Waals surface area contributed by atoms with Gasteiger partial charge in [-0.15, -0.1) is 10.2 Å². The average Bonchev–Trinajstić information content (AvgIpc) is 3.17. The fourth-order valence-electron chi connectivity index (χ4n) is 3.95. The summed E-state index contributed by atoms with van der Waals surface area (Å²) in [4.78, 5) is 26.8. The zero-order valence-electron chi connectivity index (χ0n) is 17.5. The summed E-state index contributed by atoms with van der Waals surface area (Å²) < 4.78 is 3.26. The lowest BCUT2D eigenvalue weighted by atomic mass is 9.90. The number of rotatable bonds is 4. The fraction of sp³-hybridized carbons (Fsp3) is 0.455. The van der Waals surface area contributed by atoms with Gasteiger partial charge < -0.3 is 14.6 Å². The number of nitrogens with zero attached hydrogens (tertiary/aromatic N) is 5. The maximum atomic E-state index is 13.1. The normalized spacial score (nSPS) is 16.4. The molecule has 8 nitrogen and oxygen atoms in total. The molecule has 1 N–H and O–H groups in total. The molecule has 1 atom stereocenters. The Labute approximate surface area is 174 Å². The van der Waals surface area contributed by atoms with Crippen molar-refractivity contribution in [3.8, 4) is 0 Å². The molecule has 3 aromatic rings. The molecule has 0 aliphatic carbocycles. The van der Waals surface area contributed by atoms with Crippen LogP contribution in [0.15, 0.2) is 41.5 Å². The maximum absolute atomic E-state index is 13.1. The topological polar surface area (TPSA) is 92.7 Å². The third-order valence-electron chi connectivity index (χ3n) is 5.95. The number of piperidine rings is 1. The van der Waals surface area contributed by atoms with Crippen molar-refractivity contribution >= 4 is 11.6 Å². The van der Waals surface area contributed by atoms with E-state index >= 15 is 0 Å². The third kappa shape index (κ3) is 3.75. The molecule has 30 heavy (non-hydrogen) atoms. The van der Waals surface area contributed by atoms with Crippen LogP contribution in [0.3, 0.4) is 0 Å². The standard InChI is InChI=1S/C22H27N5O3/c1-14(2)20(29)21-24-23-18-5-4-17(13-27(18)21)22(30)26-10-7-15(8-11-26)16-6-9-25(3)19(28)12-16/h4-6,9,12-15,20,29H,7-8,10-11H2,1-3H3. The van der Waals surface area contributed by atoms with Gasteiger partial charge in [0.15, 0.2) is 11.5 Å². The first-order chi connectivity index (χ1) is 14.3. The number of fused-ring (bicyclic) bond motifs is 1. The lowest BCUT2D eigenvalue weighted by Gasteiger charge is -2.32. The second-order valence-corrected chi connectivity index (χ2v) is 8.37. The van der Waals surface area contributed by atoms with Crippen molar-refractivity contribution in [3.63, 3.8) is 0 Å². The summed E-state index contributed by atoms with van der Waals surface area (Å²) in [5.74, 6) is 0.679. The molecule has 1 saturated heterocycles. The molecule has 0 radical (unpaired) electrons. The summed E-state index contributed by atoms with van der Waals surface area (Å²) in [6, 6.07) is 7.20. The minimum absolute atomic E-state index is 0.00682. The molecule has 0 bridgehead atoms. The van der Waals surface area contributed by atoms with Gasteiger partial charge in [0, 0.05) is 38.6 Å². The Hall–Kier alpha value is -3.00. The first-order valence-electron chi connectivity index (χ1n) is 10.3. The Kier molecular flexibility index (Phi) is 5.42. The van der Waals surface area contributed by atoms with Crippen molar-refractivity contribution in [2.75, 3.05) is 13.1 Å². The number of pyridine rings is 2. The molecule has 0 saturated carbocycles. The lowest BCUT2D eigenvalue weighted by Crippen LogP contribution is -2.38. The SMILES string of the molecule is CC(C)C(O)c1nnc2ccc(C(=O)N3CCC(c4ccn(C)c(=O)c4)CC3)cn12. The van der Waals surface area contributed by atoms with Gasteiger partial charge in [-0.05, 0) is 48.4 Å². The summed E-state index contributed by atoms with van der Waals surface area (Å²) in [7, 11) is 1.74. The van der Waals surface area contributed by atoms with E-state index in [4.69, 9.17) is 0 Å². The van der Waals surface area contributed by atoms with Crippen LogP contribution in [0.5, 0.6) is 0 Å². The van der Waals surface area contributed by atoms with E-state index in [1.54, 1.807) is 46.6 Å². The summed E-state index contributed by atoms with van der Waals surface area (Å²) in [5, 5.41) is 18.6. The molecule has 0 spiro atoms. The van der Waals surface area contributed by atoms with Crippen LogP contribution in [0.1, 0.15) is 60.5 Å². The van der Waals surface area contributed by atoms with Gasteiger partial charge in [-0.25, -0.2) is 0 Å². The molecule has 1 amide bonds. The molecular weight excluding hydrogens is 382 g/mol. The Morgan fingerprint density at radius 2 is 1.90 bits per heavy atom. The van der Waals surface area contributed by atoms with E-state index < -0.39 is 6.10 Å². The number of amides is 1. The van der Waals surface area contributed by atoms with E-state index in [0.717, 1.165) is 18.4 Å². The van der Waals surface area contributed by atoms with E-state index in [-0.39, 0.29) is 23.3 Å². The molecule has 8 heteroatoms. The van der Waals surface area contributed by atoms with Crippen LogP contribution in [-0.4, -0.2) is 48.2 Å². The zero-order valence-corrected chi connectivity index (χ0v) is 17.5. The van der Waals surface area contributed by atoms with Crippen molar-refractivity contribution in [1.29, 1.82) is 0 Å². The smallest absolute Gasteiger partial charge is 0.255 e. The zero-order chi connectivity index (χ0) is 21.4. The highest BCUT2D eigenvalue weighted by Crippen LogP contribution is 2.28. The van der Waals surface area contributed by atoms with E-state index in [1.165, 1.54) is 0 Å². The number of aryl methyl sites for hydroxylation is 1. The predicted octanol–water partition coefficient (Wildman–Crippen LogP) is 2.14. The van der Waals surface area contributed by atoms with E-state index in [1.807, 2.05) is 24.8 Å². The van der Waals surface area contributed by atoms with Crippen LogP contribution in [0.4, 0.5) is 0 Å². The highest BCUT2D eigenvalue weighted by atomic mass is 16.3. The molecule has 158 valence electrons. The van der Waals surface area contributed by atoms with Gasteiger partial charge in [-0.2, -0.15) is 0 Å². The molecule has 1 aliphatic heterocycles. The highest BCUT2D eigenvalue weighted by Gasteiger charge is 2.26. The van der Waals surface area contributed by atoms with E-state index in [9.17, 15) is 14.7 Å². The lowest BCUT2D eigenvalue weighted by molar-refractivity contribution is 0.0712. The highest BCUT2D eigenvalue weighted by molar-refractivity contribution is 5.94. The summed E-state index contributed by atoms with van der Waals surface area (Å²) in [5.41, 5.74) is 2.19. The monoisotopic (exact) mass is 409 g/mol. The Morgan fingerprint density at radius 3 is 2.57 bits per heavy atom. The summed E-state index contributed by atoms with van der Waals surface area (Å²) in [6.45, 7) is 5.10. The maximum Gasteiger partial charge on any atom is 0.255 e. The minimum Gasteiger partial charge on any atom is -0.385 e. The van der Waals surface area contributed by atoms with Gasteiger partial charge in [0.25, 0.3) is 11.5 Å².